The molecule has 0 atom stereocenters. The fourth-order valence-electron chi connectivity index (χ4n) is 3.57. The van der Waals surface area contributed by atoms with E-state index in [0.717, 1.165) is 50.0 Å². The average molecular weight is 275 g/mol. The predicted octanol–water partition coefficient (Wildman–Crippen LogP) is 2.55. The van der Waals surface area contributed by atoms with Crippen molar-refractivity contribution in [3.63, 3.8) is 0 Å². The van der Waals surface area contributed by atoms with Crippen LogP contribution in [0.4, 0.5) is 5.82 Å². The Kier molecular flexibility index (Phi) is 3.59. The molecule has 2 aliphatic rings. The highest BCUT2D eigenvalue weighted by Gasteiger charge is 2.37. The van der Waals surface area contributed by atoms with Crippen molar-refractivity contribution in [1.82, 2.24) is 9.97 Å². The molecule has 3 rings (SSSR count). The zero-order valence-electron chi connectivity index (χ0n) is 11.7. The number of aliphatic carboxylic acids is 1. The number of carboxylic acid groups (broad SMARTS) is 1. The highest BCUT2D eigenvalue weighted by Crippen LogP contribution is 2.37. The van der Waals surface area contributed by atoms with Gasteiger partial charge in [-0.25, -0.2) is 9.97 Å². The molecule has 2 N–H and O–H groups in total. The van der Waals surface area contributed by atoms with E-state index in [1.165, 1.54) is 18.4 Å². The molecule has 2 aliphatic carbocycles. The molecular formula is C15H21N3O2. The maximum atomic E-state index is 11.2. The number of nitrogens with one attached hydrogen (secondary N) is 1. The third kappa shape index (κ3) is 2.62. The molecule has 5 heteroatoms. The number of aryl methyl sites for hydroxylation is 1. The molecule has 20 heavy (non-hydrogen) atoms. The van der Waals surface area contributed by atoms with Crippen LogP contribution >= 0.6 is 0 Å². The lowest BCUT2D eigenvalue weighted by atomic mass is 9.91. The van der Waals surface area contributed by atoms with Gasteiger partial charge < -0.3 is 10.4 Å². The molecule has 0 aromatic carbocycles. The van der Waals surface area contributed by atoms with Crippen molar-refractivity contribution in [3.05, 3.63) is 17.6 Å². The van der Waals surface area contributed by atoms with Crippen LogP contribution in [-0.2, 0) is 17.6 Å². The van der Waals surface area contributed by atoms with Crippen LogP contribution in [0.15, 0.2) is 6.33 Å². The van der Waals surface area contributed by atoms with E-state index in [9.17, 15) is 9.90 Å². The summed E-state index contributed by atoms with van der Waals surface area (Å²) in [5.41, 5.74) is 2.03. The summed E-state index contributed by atoms with van der Waals surface area (Å²) >= 11 is 0. The van der Waals surface area contributed by atoms with E-state index in [4.69, 9.17) is 0 Å². The second-order valence-electron chi connectivity index (χ2n) is 6.04. The van der Waals surface area contributed by atoms with E-state index >= 15 is 0 Å². The number of anilines is 1. The third-order valence-electron chi connectivity index (χ3n) is 4.56. The van der Waals surface area contributed by atoms with Crippen LogP contribution in [0.1, 0.15) is 56.2 Å². The van der Waals surface area contributed by atoms with Gasteiger partial charge in [0.15, 0.2) is 0 Å². The highest BCUT2D eigenvalue weighted by molar-refractivity contribution is 5.69. The summed E-state index contributed by atoms with van der Waals surface area (Å²) in [7, 11) is 0. The summed E-state index contributed by atoms with van der Waals surface area (Å²) < 4.78 is 0. The van der Waals surface area contributed by atoms with Gasteiger partial charge in [-0.15, -0.1) is 0 Å². The van der Waals surface area contributed by atoms with Crippen molar-refractivity contribution in [2.24, 2.45) is 0 Å². The van der Waals surface area contributed by atoms with Crippen LogP contribution in [0, 0.1) is 0 Å². The van der Waals surface area contributed by atoms with Crippen LogP contribution in [0.5, 0.6) is 0 Å². The molecule has 1 aromatic rings. The van der Waals surface area contributed by atoms with Crippen LogP contribution in [0.2, 0.25) is 0 Å². The Morgan fingerprint density at radius 1 is 1.20 bits per heavy atom. The highest BCUT2D eigenvalue weighted by atomic mass is 16.4. The number of carbonyl (C=O) groups is 1. The first-order valence-electron chi connectivity index (χ1n) is 7.51. The van der Waals surface area contributed by atoms with Crippen LogP contribution in [-0.4, -0.2) is 26.6 Å². The second kappa shape index (κ2) is 5.38. The Morgan fingerprint density at radius 3 is 2.70 bits per heavy atom. The molecule has 1 saturated carbocycles. The minimum atomic E-state index is -0.734. The van der Waals surface area contributed by atoms with E-state index < -0.39 is 5.97 Å². The summed E-state index contributed by atoms with van der Waals surface area (Å²) in [4.78, 5) is 19.9. The van der Waals surface area contributed by atoms with Gasteiger partial charge in [0.25, 0.3) is 0 Å². The van der Waals surface area contributed by atoms with E-state index in [1.807, 2.05) is 0 Å². The quantitative estimate of drug-likeness (QED) is 0.883. The van der Waals surface area contributed by atoms with E-state index in [-0.39, 0.29) is 12.0 Å². The van der Waals surface area contributed by atoms with Crippen LogP contribution in [0.25, 0.3) is 0 Å². The number of rotatable bonds is 4. The monoisotopic (exact) mass is 275 g/mol. The Morgan fingerprint density at radius 2 is 1.95 bits per heavy atom. The number of carboxylic acids is 1. The molecular weight excluding hydrogens is 254 g/mol. The number of hydrogen-bond acceptors (Lipinski definition) is 4. The predicted molar refractivity (Wildman–Crippen MR) is 75.7 cm³/mol. The standard InChI is InChI=1S/C15H21N3O2/c19-13(20)9-15(7-3-4-8-15)18-14-11-5-1-2-6-12(11)16-10-17-14/h10H,1-9H2,(H,19,20)(H,16,17,18). The molecule has 0 bridgehead atoms. The first-order valence-corrected chi connectivity index (χ1v) is 7.51. The molecule has 0 spiro atoms. The smallest absolute Gasteiger partial charge is 0.305 e. The van der Waals surface area contributed by atoms with E-state index in [0.29, 0.717) is 0 Å². The van der Waals surface area contributed by atoms with Crippen molar-refractivity contribution >= 4 is 11.8 Å². The van der Waals surface area contributed by atoms with Crippen LogP contribution < -0.4 is 5.32 Å². The normalized spacial score (nSPS) is 20.4. The van der Waals surface area contributed by atoms with Gasteiger partial charge in [0.1, 0.15) is 12.1 Å². The SMILES string of the molecule is O=C(O)CC1(Nc2ncnc3c2CCCC3)CCCC1. The molecule has 5 nitrogen and oxygen atoms in total. The number of hydrogen-bond donors (Lipinski definition) is 2. The summed E-state index contributed by atoms with van der Waals surface area (Å²) in [6, 6.07) is 0. The van der Waals surface area contributed by atoms with Crippen molar-refractivity contribution in [2.75, 3.05) is 5.32 Å². The summed E-state index contributed by atoms with van der Waals surface area (Å²) in [6.45, 7) is 0. The molecule has 0 radical (unpaired) electrons. The first-order chi connectivity index (χ1) is 9.69. The molecule has 0 unspecified atom stereocenters. The molecule has 1 fully saturated rings. The third-order valence-corrected chi connectivity index (χ3v) is 4.56. The average Bonchev–Trinajstić information content (AvgIpc) is 2.86. The van der Waals surface area contributed by atoms with Crippen LogP contribution in [0.3, 0.4) is 0 Å². The largest absolute Gasteiger partial charge is 0.481 e. The van der Waals surface area contributed by atoms with Crippen molar-refractivity contribution in [3.8, 4) is 0 Å². The zero-order chi connectivity index (χ0) is 14.0. The van der Waals surface area contributed by atoms with Crippen molar-refractivity contribution < 1.29 is 9.90 Å². The summed E-state index contributed by atoms with van der Waals surface area (Å²) in [5.74, 6) is 0.139. The lowest BCUT2D eigenvalue weighted by Crippen LogP contribution is -2.38. The molecule has 1 heterocycles. The van der Waals surface area contributed by atoms with Crippen molar-refractivity contribution in [2.45, 2.75) is 63.3 Å². The minimum absolute atomic E-state index is 0.172. The molecule has 1 aromatic heterocycles. The van der Waals surface area contributed by atoms with Gasteiger partial charge in [0, 0.05) is 16.8 Å². The first kappa shape index (κ1) is 13.3. The maximum absolute atomic E-state index is 11.2. The minimum Gasteiger partial charge on any atom is -0.481 e. The maximum Gasteiger partial charge on any atom is 0.305 e. The number of aromatic nitrogens is 2. The summed E-state index contributed by atoms with van der Waals surface area (Å²) in [5, 5.41) is 12.7. The fourth-order valence-corrected chi connectivity index (χ4v) is 3.57. The van der Waals surface area contributed by atoms with Gasteiger partial charge >= 0.3 is 5.97 Å². The molecule has 0 aliphatic heterocycles. The van der Waals surface area contributed by atoms with Gasteiger partial charge in [-0.2, -0.15) is 0 Å². The zero-order valence-corrected chi connectivity index (χ0v) is 11.7. The Balaban J connectivity index is 1.87. The molecule has 108 valence electrons. The van der Waals surface area contributed by atoms with Gasteiger partial charge in [-0.05, 0) is 38.5 Å². The van der Waals surface area contributed by atoms with Gasteiger partial charge in [-0.3, -0.25) is 4.79 Å². The van der Waals surface area contributed by atoms with E-state index in [1.54, 1.807) is 6.33 Å². The lowest BCUT2D eigenvalue weighted by molar-refractivity contribution is -0.138. The lowest BCUT2D eigenvalue weighted by Gasteiger charge is -2.31. The number of fused-ring (bicyclic) bond motifs is 1. The Hall–Kier alpha value is -1.65. The summed E-state index contributed by atoms with van der Waals surface area (Å²) in [6.07, 6.45) is 10.2. The second-order valence-corrected chi connectivity index (χ2v) is 6.04. The van der Waals surface area contributed by atoms with Crippen molar-refractivity contribution in [1.29, 1.82) is 0 Å². The topological polar surface area (TPSA) is 75.1 Å². The Bertz CT molecular complexity index is 510. The van der Waals surface area contributed by atoms with Gasteiger partial charge in [-0.1, -0.05) is 12.8 Å². The molecule has 0 amide bonds. The number of nitrogens with zero attached hydrogens (tertiary/aromatic N) is 2. The van der Waals surface area contributed by atoms with Gasteiger partial charge in [0.05, 0.1) is 6.42 Å². The fraction of sp³-hybridized carbons (Fsp3) is 0.667. The van der Waals surface area contributed by atoms with E-state index in [2.05, 4.69) is 15.3 Å². The van der Waals surface area contributed by atoms with Gasteiger partial charge in [0.2, 0.25) is 0 Å². The Labute approximate surface area is 118 Å². The molecule has 0 saturated heterocycles.